The van der Waals surface area contributed by atoms with Crippen molar-refractivity contribution in [1.82, 2.24) is 4.90 Å². The molecule has 0 unspecified atom stereocenters. The van der Waals surface area contributed by atoms with E-state index in [4.69, 9.17) is 4.74 Å². The molecule has 4 heteroatoms. The molecule has 4 nitrogen and oxygen atoms in total. The van der Waals surface area contributed by atoms with Crippen LogP contribution in [0.1, 0.15) is 40.5 Å². The maximum Gasteiger partial charge on any atom is 0.410 e. The fourth-order valence-corrected chi connectivity index (χ4v) is 1.45. The van der Waals surface area contributed by atoms with Crippen molar-refractivity contribution < 1.29 is 14.3 Å². The van der Waals surface area contributed by atoms with Gasteiger partial charge < -0.3 is 9.64 Å². The quantitative estimate of drug-likeness (QED) is 0.708. The van der Waals surface area contributed by atoms with Crippen LogP contribution in [0, 0.1) is 5.92 Å². The highest BCUT2D eigenvalue weighted by Crippen LogP contribution is 2.30. The van der Waals surface area contributed by atoms with Crippen molar-refractivity contribution in [1.29, 1.82) is 0 Å². The Morgan fingerprint density at radius 1 is 1.33 bits per heavy atom. The number of carbonyl (C=O) groups excluding carboxylic acids is 2. The van der Waals surface area contributed by atoms with Crippen LogP contribution in [0.5, 0.6) is 0 Å². The lowest BCUT2D eigenvalue weighted by atomic mass is 10.2. The van der Waals surface area contributed by atoms with E-state index in [9.17, 15) is 9.59 Å². The van der Waals surface area contributed by atoms with Crippen molar-refractivity contribution >= 4 is 11.9 Å². The Morgan fingerprint density at radius 3 is 2.28 bits per heavy atom. The molecule has 0 heterocycles. The van der Waals surface area contributed by atoms with Crippen LogP contribution in [-0.2, 0) is 9.53 Å². The first-order valence-electron chi connectivity index (χ1n) is 6.35. The van der Waals surface area contributed by atoms with Crippen LogP contribution >= 0.6 is 0 Å². The number of ketones is 1. The maximum atomic E-state index is 12.0. The summed E-state index contributed by atoms with van der Waals surface area (Å²) in [5.74, 6) is 0.414. The van der Waals surface area contributed by atoms with Crippen molar-refractivity contribution in [2.75, 3.05) is 13.1 Å². The van der Waals surface area contributed by atoms with Gasteiger partial charge in [-0.1, -0.05) is 6.58 Å². The number of amides is 1. The molecule has 1 aliphatic rings. The molecular formula is C14H23NO3. The van der Waals surface area contributed by atoms with Gasteiger partial charge in [0.25, 0.3) is 0 Å². The van der Waals surface area contributed by atoms with Gasteiger partial charge in [-0.25, -0.2) is 4.79 Å². The van der Waals surface area contributed by atoms with Crippen LogP contribution in [0.2, 0.25) is 0 Å². The van der Waals surface area contributed by atoms with Gasteiger partial charge in [-0.15, -0.1) is 0 Å². The highest BCUT2D eigenvalue weighted by Gasteiger charge is 2.30. The van der Waals surface area contributed by atoms with Crippen LogP contribution < -0.4 is 0 Å². The molecule has 0 aliphatic heterocycles. The maximum absolute atomic E-state index is 12.0. The lowest BCUT2D eigenvalue weighted by molar-refractivity contribution is -0.116. The first-order chi connectivity index (χ1) is 8.19. The van der Waals surface area contributed by atoms with Crippen LogP contribution in [0.25, 0.3) is 0 Å². The Bertz CT molecular complexity index is 351. The van der Waals surface area contributed by atoms with Gasteiger partial charge in [0.15, 0.2) is 5.78 Å². The molecule has 0 atom stereocenters. The number of ether oxygens (including phenoxy) is 1. The van der Waals surface area contributed by atoms with Crippen molar-refractivity contribution in [3.8, 4) is 0 Å². The molecule has 0 aromatic heterocycles. The summed E-state index contributed by atoms with van der Waals surface area (Å²) < 4.78 is 5.31. The average Bonchev–Trinajstić information content (AvgIpc) is 2.97. The molecule has 0 N–H and O–H groups in total. The standard InChI is InChI=1S/C14H23NO3/c1-10(2)12(16)9-15(8-11-6-7-11)13(17)18-14(3,4)5/h11H,1,6-9H2,2-5H3. The summed E-state index contributed by atoms with van der Waals surface area (Å²) in [7, 11) is 0. The Balaban J connectivity index is 2.61. The summed E-state index contributed by atoms with van der Waals surface area (Å²) in [6.45, 7) is 11.4. The number of hydrogen-bond acceptors (Lipinski definition) is 3. The normalized spacial score (nSPS) is 15.1. The highest BCUT2D eigenvalue weighted by molar-refractivity contribution is 5.97. The van der Waals surface area contributed by atoms with Crippen molar-refractivity contribution in [2.24, 2.45) is 5.92 Å². The summed E-state index contributed by atoms with van der Waals surface area (Å²) in [6, 6.07) is 0. The fourth-order valence-electron chi connectivity index (χ4n) is 1.45. The lowest BCUT2D eigenvalue weighted by Crippen LogP contribution is -2.41. The van der Waals surface area contributed by atoms with Gasteiger partial charge in [-0.3, -0.25) is 4.79 Å². The van der Waals surface area contributed by atoms with Gasteiger partial charge >= 0.3 is 6.09 Å². The first kappa shape index (κ1) is 14.7. The minimum atomic E-state index is -0.537. The van der Waals surface area contributed by atoms with E-state index in [2.05, 4.69) is 6.58 Å². The summed E-state index contributed by atoms with van der Waals surface area (Å²) in [5.41, 5.74) is -0.0649. The molecular weight excluding hydrogens is 230 g/mol. The second-order valence-electron chi connectivity index (χ2n) is 6.01. The molecule has 0 bridgehead atoms. The number of carbonyl (C=O) groups is 2. The largest absolute Gasteiger partial charge is 0.444 e. The zero-order valence-electron chi connectivity index (χ0n) is 11.8. The number of rotatable bonds is 5. The first-order valence-corrected chi connectivity index (χ1v) is 6.35. The number of Topliss-reactive ketones (excluding diaryl/α,β-unsaturated/α-hetero) is 1. The fraction of sp³-hybridized carbons (Fsp3) is 0.714. The van der Waals surface area contributed by atoms with Crippen molar-refractivity contribution in [3.63, 3.8) is 0 Å². The van der Waals surface area contributed by atoms with E-state index in [0.29, 0.717) is 18.0 Å². The predicted octanol–water partition coefficient (Wildman–Crippen LogP) is 2.78. The minimum absolute atomic E-state index is 0.0702. The van der Waals surface area contributed by atoms with E-state index >= 15 is 0 Å². The third-order valence-corrected chi connectivity index (χ3v) is 2.64. The van der Waals surface area contributed by atoms with Crippen LogP contribution in [0.15, 0.2) is 12.2 Å². The summed E-state index contributed by atoms with van der Waals surface area (Å²) in [4.78, 5) is 25.2. The van der Waals surface area contributed by atoms with Gasteiger partial charge in [-0.05, 0) is 52.0 Å². The molecule has 0 saturated heterocycles. The highest BCUT2D eigenvalue weighted by atomic mass is 16.6. The second kappa shape index (κ2) is 5.55. The van der Waals surface area contributed by atoms with Gasteiger partial charge in [0.05, 0.1) is 6.54 Å². The summed E-state index contributed by atoms with van der Waals surface area (Å²) in [6.07, 6.45) is 1.84. The molecule has 1 saturated carbocycles. The van der Waals surface area contributed by atoms with E-state index in [1.165, 1.54) is 4.90 Å². The molecule has 1 amide bonds. The molecule has 102 valence electrons. The van der Waals surface area contributed by atoms with E-state index in [1.54, 1.807) is 6.92 Å². The molecule has 0 aromatic carbocycles. The Hall–Kier alpha value is -1.32. The molecule has 1 fully saturated rings. The van der Waals surface area contributed by atoms with Gasteiger partial charge in [-0.2, -0.15) is 0 Å². The Morgan fingerprint density at radius 2 is 1.89 bits per heavy atom. The smallest absolute Gasteiger partial charge is 0.410 e. The number of nitrogens with zero attached hydrogens (tertiary/aromatic N) is 1. The third-order valence-electron chi connectivity index (χ3n) is 2.64. The summed E-state index contributed by atoms with van der Waals surface area (Å²) in [5, 5.41) is 0. The number of hydrogen-bond donors (Lipinski definition) is 0. The molecule has 18 heavy (non-hydrogen) atoms. The molecule has 0 spiro atoms. The van der Waals surface area contributed by atoms with Gasteiger partial charge in [0.1, 0.15) is 5.60 Å². The van der Waals surface area contributed by atoms with Gasteiger partial charge in [0.2, 0.25) is 0 Å². The van der Waals surface area contributed by atoms with E-state index < -0.39 is 11.7 Å². The molecule has 1 rings (SSSR count). The van der Waals surface area contributed by atoms with Crippen LogP contribution in [0.3, 0.4) is 0 Å². The Kier molecular flexibility index (Phi) is 4.54. The van der Waals surface area contributed by atoms with Crippen molar-refractivity contribution in [3.05, 3.63) is 12.2 Å². The molecule has 1 aliphatic carbocycles. The van der Waals surface area contributed by atoms with E-state index in [0.717, 1.165) is 12.8 Å². The third kappa shape index (κ3) is 5.34. The minimum Gasteiger partial charge on any atom is -0.444 e. The van der Waals surface area contributed by atoms with Crippen LogP contribution in [0.4, 0.5) is 4.79 Å². The van der Waals surface area contributed by atoms with Crippen molar-refractivity contribution in [2.45, 2.75) is 46.1 Å². The molecule has 0 radical (unpaired) electrons. The zero-order chi connectivity index (χ0) is 13.9. The van der Waals surface area contributed by atoms with Gasteiger partial charge in [0, 0.05) is 6.54 Å². The monoisotopic (exact) mass is 253 g/mol. The van der Waals surface area contributed by atoms with Crippen LogP contribution in [-0.4, -0.2) is 35.5 Å². The SMILES string of the molecule is C=C(C)C(=O)CN(CC1CC1)C(=O)OC(C)(C)C. The average molecular weight is 253 g/mol. The molecule has 0 aromatic rings. The lowest BCUT2D eigenvalue weighted by Gasteiger charge is -2.27. The second-order valence-corrected chi connectivity index (χ2v) is 6.01. The summed E-state index contributed by atoms with van der Waals surface area (Å²) >= 11 is 0. The van der Waals surface area contributed by atoms with E-state index in [-0.39, 0.29) is 12.3 Å². The van der Waals surface area contributed by atoms with E-state index in [1.807, 2.05) is 20.8 Å². The zero-order valence-corrected chi connectivity index (χ0v) is 11.8. The predicted molar refractivity (Wildman–Crippen MR) is 70.4 cm³/mol. The Labute approximate surface area is 109 Å². The topological polar surface area (TPSA) is 46.6 Å².